The van der Waals surface area contributed by atoms with Crippen molar-refractivity contribution in [2.45, 2.75) is 54.8 Å². The van der Waals surface area contributed by atoms with Crippen LogP contribution in [0.25, 0.3) is 0 Å². The van der Waals surface area contributed by atoms with Crippen LogP contribution < -0.4 is 0 Å². The highest BCUT2D eigenvalue weighted by Gasteiger charge is 2.16. The highest BCUT2D eigenvalue weighted by molar-refractivity contribution is 5.66. The lowest BCUT2D eigenvalue weighted by atomic mass is 9.89. The molecule has 1 aromatic carbocycles. The normalized spacial score (nSPS) is 10.3. The molecule has 0 saturated heterocycles. The highest BCUT2D eigenvalue weighted by atomic mass is 16.5. The summed E-state index contributed by atoms with van der Waals surface area (Å²) in [6.45, 7) is 11.4. The van der Waals surface area contributed by atoms with Gasteiger partial charge in [-0.1, -0.05) is 0 Å². The van der Waals surface area contributed by atoms with Crippen LogP contribution in [-0.2, 0) is 32.3 Å². The van der Waals surface area contributed by atoms with E-state index in [-0.39, 0.29) is 25.2 Å². The van der Waals surface area contributed by atoms with Gasteiger partial charge in [-0.25, -0.2) is 0 Å². The number of hydrogen-bond donors (Lipinski definition) is 0. The zero-order valence-corrected chi connectivity index (χ0v) is 13.0. The number of carbonyl (C=O) groups is 2. The van der Waals surface area contributed by atoms with Crippen molar-refractivity contribution in [3.63, 3.8) is 0 Å². The maximum atomic E-state index is 11.0. The average Bonchev–Trinajstić information content (AvgIpc) is 2.35. The van der Waals surface area contributed by atoms with Gasteiger partial charge in [0.1, 0.15) is 13.2 Å². The van der Waals surface area contributed by atoms with Gasteiger partial charge in [-0.3, -0.25) is 9.59 Å². The van der Waals surface area contributed by atoms with Crippen molar-refractivity contribution in [2.24, 2.45) is 0 Å². The van der Waals surface area contributed by atoms with Crippen LogP contribution in [0.4, 0.5) is 0 Å². The Labute approximate surface area is 120 Å². The predicted octanol–water partition coefficient (Wildman–Crippen LogP) is 3.05. The first-order valence-electron chi connectivity index (χ1n) is 6.60. The summed E-state index contributed by atoms with van der Waals surface area (Å²) >= 11 is 0. The lowest BCUT2D eigenvalue weighted by Gasteiger charge is -2.20. The Balaban J connectivity index is 3.19. The summed E-state index contributed by atoms with van der Waals surface area (Å²) < 4.78 is 10.2. The van der Waals surface area contributed by atoms with E-state index in [1.54, 1.807) is 0 Å². The maximum Gasteiger partial charge on any atom is 0.302 e. The first kappa shape index (κ1) is 16.2. The Morgan fingerprint density at radius 3 is 1.15 bits per heavy atom. The standard InChI is InChI=1S/C16H22O4/c1-9-10(2)16(8-20-14(6)18)12(4)11(3)15(9)7-19-13(5)17/h7-8H2,1-6H3. The molecule has 0 spiro atoms. The van der Waals surface area contributed by atoms with Crippen LogP contribution in [0.5, 0.6) is 0 Å². The largest absolute Gasteiger partial charge is 0.461 e. The van der Waals surface area contributed by atoms with Crippen molar-refractivity contribution in [2.75, 3.05) is 0 Å². The Bertz CT molecular complexity index is 466. The zero-order chi connectivity index (χ0) is 15.4. The summed E-state index contributed by atoms with van der Waals surface area (Å²) in [5.41, 5.74) is 6.38. The third-order valence-corrected chi connectivity index (χ3v) is 3.78. The summed E-state index contributed by atoms with van der Waals surface area (Å²) in [5, 5.41) is 0. The molecule has 1 rings (SSSR count). The van der Waals surface area contributed by atoms with Gasteiger partial charge in [-0.2, -0.15) is 0 Å². The fraction of sp³-hybridized carbons (Fsp3) is 0.500. The summed E-state index contributed by atoms with van der Waals surface area (Å²) in [6.07, 6.45) is 0. The molecule has 4 nitrogen and oxygen atoms in total. The molecule has 0 bridgehead atoms. The van der Waals surface area contributed by atoms with Crippen LogP contribution in [0.3, 0.4) is 0 Å². The molecule has 0 radical (unpaired) electrons. The van der Waals surface area contributed by atoms with E-state index in [1.165, 1.54) is 13.8 Å². The molecule has 110 valence electrons. The van der Waals surface area contributed by atoms with Crippen molar-refractivity contribution in [1.29, 1.82) is 0 Å². The Morgan fingerprint density at radius 2 is 0.950 bits per heavy atom. The lowest BCUT2D eigenvalue weighted by Crippen LogP contribution is -2.10. The van der Waals surface area contributed by atoms with Gasteiger partial charge >= 0.3 is 11.9 Å². The van der Waals surface area contributed by atoms with Gasteiger partial charge in [0, 0.05) is 13.8 Å². The van der Waals surface area contributed by atoms with Crippen molar-refractivity contribution in [1.82, 2.24) is 0 Å². The van der Waals surface area contributed by atoms with Crippen LogP contribution >= 0.6 is 0 Å². The molecule has 1 aromatic rings. The van der Waals surface area contributed by atoms with E-state index in [0.29, 0.717) is 0 Å². The van der Waals surface area contributed by atoms with Gasteiger partial charge in [-0.15, -0.1) is 0 Å². The van der Waals surface area contributed by atoms with E-state index >= 15 is 0 Å². The van der Waals surface area contributed by atoms with E-state index in [9.17, 15) is 9.59 Å². The molecular formula is C16H22O4. The zero-order valence-electron chi connectivity index (χ0n) is 13.0. The molecule has 0 aliphatic heterocycles. The number of esters is 2. The monoisotopic (exact) mass is 278 g/mol. The van der Waals surface area contributed by atoms with Crippen LogP contribution in [0.1, 0.15) is 47.2 Å². The van der Waals surface area contributed by atoms with Gasteiger partial charge < -0.3 is 9.47 Å². The average molecular weight is 278 g/mol. The smallest absolute Gasteiger partial charge is 0.302 e. The molecule has 0 heterocycles. The van der Waals surface area contributed by atoms with Crippen LogP contribution in [0.2, 0.25) is 0 Å². The van der Waals surface area contributed by atoms with Gasteiger partial charge in [0.15, 0.2) is 0 Å². The first-order valence-corrected chi connectivity index (χ1v) is 6.60. The van der Waals surface area contributed by atoms with Crippen molar-refractivity contribution in [3.05, 3.63) is 33.4 Å². The van der Waals surface area contributed by atoms with Crippen molar-refractivity contribution in [3.8, 4) is 0 Å². The second kappa shape index (κ2) is 6.55. The third-order valence-electron chi connectivity index (χ3n) is 3.78. The number of benzene rings is 1. The number of rotatable bonds is 4. The van der Waals surface area contributed by atoms with Gasteiger partial charge in [-0.05, 0) is 61.1 Å². The first-order chi connectivity index (χ1) is 9.25. The number of hydrogen-bond acceptors (Lipinski definition) is 4. The molecule has 0 amide bonds. The lowest BCUT2D eigenvalue weighted by molar-refractivity contribution is -0.143. The molecule has 20 heavy (non-hydrogen) atoms. The predicted molar refractivity (Wildman–Crippen MR) is 76.3 cm³/mol. The third kappa shape index (κ3) is 3.59. The molecular weight excluding hydrogens is 256 g/mol. The van der Waals surface area contributed by atoms with Gasteiger partial charge in [0.05, 0.1) is 0 Å². The van der Waals surface area contributed by atoms with E-state index in [0.717, 1.165) is 33.4 Å². The summed E-state index contributed by atoms with van der Waals surface area (Å²) in [4.78, 5) is 21.9. The molecule has 0 fully saturated rings. The molecule has 0 aliphatic carbocycles. The fourth-order valence-corrected chi connectivity index (χ4v) is 2.25. The molecule has 0 aromatic heterocycles. The molecule has 0 saturated carbocycles. The summed E-state index contributed by atoms with van der Waals surface area (Å²) in [5.74, 6) is -0.578. The second-order valence-corrected chi connectivity index (χ2v) is 5.02. The number of ether oxygens (including phenoxy) is 2. The van der Waals surface area contributed by atoms with Crippen LogP contribution in [0.15, 0.2) is 0 Å². The van der Waals surface area contributed by atoms with E-state index < -0.39 is 0 Å². The van der Waals surface area contributed by atoms with Crippen molar-refractivity contribution >= 4 is 11.9 Å². The fourth-order valence-electron chi connectivity index (χ4n) is 2.25. The van der Waals surface area contributed by atoms with E-state index in [4.69, 9.17) is 9.47 Å². The van der Waals surface area contributed by atoms with E-state index in [1.807, 2.05) is 27.7 Å². The topological polar surface area (TPSA) is 52.6 Å². The van der Waals surface area contributed by atoms with E-state index in [2.05, 4.69) is 0 Å². The molecule has 0 N–H and O–H groups in total. The SMILES string of the molecule is CC(=O)OCc1c(C)c(C)c(COC(C)=O)c(C)c1C. The van der Waals surface area contributed by atoms with Crippen molar-refractivity contribution < 1.29 is 19.1 Å². The second-order valence-electron chi connectivity index (χ2n) is 5.02. The van der Waals surface area contributed by atoms with Gasteiger partial charge in [0.2, 0.25) is 0 Å². The minimum atomic E-state index is -0.289. The number of carbonyl (C=O) groups excluding carboxylic acids is 2. The maximum absolute atomic E-state index is 11.0. The Hall–Kier alpha value is -1.84. The molecule has 0 atom stereocenters. The quantitative estimate of drug-likeness (QED) is 0.794. The molecule has 4 heteroatoms. The Kier molecular flexibility index (Phi) is 5.31. The van der Waals surface area contributed by atoms with Crippen LogP contribution in [-0.4, -0.2) is 11.9 Å². The highest BCUT2D eigenvalue weighted by Crippen LogP contribution is 2.28. The summed E-state index contributed by atoms with van der Waals surface area (Å²) in [6, 6.07) is 0. The van der Waals surface area contributed by atoms with Gasteiger partial charge in [0.25, 0.3) is 0 Å². The van der Waals surface area contributed by atoms with Crippen LogP contribution in [0, 0.1) is 27.7 Å². The minimum absolute atomic E-state index is 0.280. The molecule has 0 unspecified atom stereocenters. The minimum Gasteiger partial charge on any atom is -0.461 e. The summed E-state index contributed by atoms with van der Waals surface area (Å²) in [7, 11) is 0. The Morgan fingerprint density at radius 1 is 0.700 bits per heavy atom. The molecule has 0 aliphatic rings.